The van der Waals surface area contributed by atoms with Gasteiger partial charge in [-0.15, -0.1) is 11.3 Å². The number of benzene rings is 1. The quantitative estimate of drug-likeness (QED) is 0.823. The topological polar surface area (TPSA) is 45.7 Å². The van der Waals surface area contributed by atoms with Crippen LogP contribution in [0.1, 0.15) is 24.8 Å². The number of piperidine rings is 1. The van der Waals surface area contributed by atoms with Crippen LogP contribution in [-0.2, 0) is 11.3 Å². The molecule has 1 amide bonds. The van der Waals surface area contributed by atoms with Crippen molar-refractivity contribution in [3.63, 3.8) is 0 Å². The van der Waals surface area contributed by atoms with Crippen LogP contribution in [0.3, 0.4) is 0 Å². The van der Waals surface area contributed by atoms with Crippen molar-refractivity contribution in [2.24, 2.45) is 5.41 Å². The Bertz CT molecular complexity index is 798. The van der Waals surface area contributed by atoms with Crippen LogP contribution in [0.15, 0.2) is 29.8 Å². The standard InChI is InChI=1S/C19H22FN3O2S/c1-25-15-3-4-16(20)14(11-15)12-22-8-2-5-19(17(22)24)6-9-23(13-19)18-21-7-10-26-18/h3-4,7,10-11H,2,5-6,8-9,12-13H2,1H3/t19-/m1/s1. The Labute approximate surface area is 156 Å². The number of likely N-dealkylation sites (tertiary alicyclic amines) is 1. The number of rotatable bonds is 4. The fourth-order valence-electron chi connectivity index (χ4n) is 4.09. The molecular formula is C19H22FN3O2S. The molecule has 0 bridgehead atoms. The number of thiazole rings is 1. The maximum Gasteiger partial charge on any atom is 0.230 e. The Kier molecular flexibility index (Phi) is 4.56. The van der Waals surface area contributed by atoms with Gasteiger partial charge in [-0.3, -0.25) is 4.79 Å². The summed E-state index contributed by atoms with van der Waals surface area (Å²) in [5, 5.41) is 2.94. The molecule has 0 N–H and O–H groups in total. The molecule has 1 spiro atoms. The number of amides is 1. The Morgan fingerprint density at radius 2 is 2.23 bits per heavy atom. The Balaban J connectivity index is 1.52. The molecule has 0 saturated carbocycles. The SMILES string of the molecule is COc1ccc(F)c(CN2CCC[C@]3(CCN(c4nccs4)C3)C2=O)c1. The van der Waals surface area contributed by atoms with Crippen molar-refractivity contribution in [2.75, 3.05) is 31.6 Å². The molecule has 0 aliphatic carbocycles. The van der Waals surface area contributed by atoms with E-state index in [4.69, 9.17) is 4.74 Å². The van der Waals surface area contributed by atoms with Gasteiger partial charge in [-0.25, -0.2) is 9.37 Å². The van der Waals surface area contributed by atoms with Gasteiger partial charge in [-0.05, 0) is 37.5 Å². The molecule has 2 aliphatic heterocycles. The average Bonchev–Trinajstić information content (AvgIpc) is 3.31. The molecule has 2 aromatic rings. The van der Waals surface area contributed by atoms with Crippen LogP contribution in [0, 0.1) is 11.2 Å². The minimum atomic E-state index is -0.362. The van der Waals surface area contributed by atoms with Crippen molar-refractivity contribution >= 4 is 22.4 Å². The van der Waals surface area contributed by atoms with Crippen molar-refractivity contribution in [3.05, 3.63) is 41.2 Å². The summed E-state index contributed by atoms with van der Waals surface area (Å²) in [6, 6.07) is 4.68. The molecule has 1 aromatic carbocycles. The smallest absolute Gasteiger partial charge is 0.230 e. The van der Waals surface area contributed by atoms with E-state index in [1.807, 2.05) is 10.3 Å². The number of halogens is 1. The summed E-state index contributed by atoms with van der Waals surface area (Å²) in [7, 11) is 1.56. The van der Waals surface area contributed by atoms with E-state index in [2.05, 4.69) is 9.88 Å². The third kappa shape index (κ3) is 3.05. The van der Waals surface area contributed by atoms with E-state index in [1.165, 1.54) is 6.07 Å². The molecule has 0 unspecified atom stereocenters. The number of carbonyl (C=O) groups is 1. The van der Waals surface area contributed by atoms with Crippen LogP contribution in [0.2, 0.25) is 0 Å². The molecule has 2 saturated heterocycles. The number of ether oxygens (including phenoxy) is 1. The lowest BCUT2D eigenvalue weighted by Gasteiger charge is -2.39. The van der Waals surface area contributed by atoms with Gasteiger partial charge in [0.1, 0.15) is 11.6 Å². The van der Waals surface area contributed by atoms with E-state index < -0.39 is 0 Å². The molecule has 1 aromatic heterocycles. The zero-order valence-corrected chi connectivity index (χ0v) is 15.6. The molecule has 26 heavy (non-hydrogen) atoms. The number of anilines is 1. The summed E-state index contributed by atoms with van der Waals surface area (Å²) < 4.78 is 19.4. The summed E-state index contributed by atoms with van der Waals surface area (Å²) in [4.78, 5) is 21.7. The number of carbonyl (C=O) groups excluding carboxylic acids is 1. The van der Waals surface area contributed by atoms with Crippen LogP contribution in [0.4, 0.5) is 9.52 Å². The lowest BCUT2D eigenvalue weighted by atomic mass is 9.78. The molecule has 0 radical (unpaired) electrons. The highest BCUT2D eigenvalue weighted by molar-refractivity contribution is 7.13. The molecule has 2 fully saturated rings. The second-order valence-electron chi connectivity index (χ2n) is 7.05. The highest BCUT2D eigenvalue weighted by Crippen LogP contribution is 2.42. The largest absolute Gasteiger partial charge is 0.497 e. The monoisotopic (exact) mass is 375 g/mol. The van der Waals surface area contributed by atoms with Gasteiger partial charge >= 0.3 is 0 Å². The number of nitrogens with zero attached hydrogens (tertiary/aromatic N) is 3. The Morgan fingerprint density at radius 1 is 1.35 bits per heavy atom. The van der Waals surface area contributed by atoms with E-state index in [1.54, 1.807) is 36.8 Å². The summed E-state index contributed by atoms with van der Waals surface area (Å²) in [5.41, 5.74) is 0.142. The van der Waals surface area contributed by atoms with Crippen LogP contribution in [0.25, 0.3) is 0 Å². The summed E-state index contributed by atoms with van der Waals surface area (Å²) in [6.07, 6.45) is 4.47. The van der Waals surface area contributed by atoms with Crippen LogP contribution < -0.4 is 9.64 Å². The third-order valence-corrected chi connectivity index (χ3v) is 6.31. The lowest BCUT2D eigenvalue weighted by Crippen LogP contribution is -2.49. The average molecular weight is 375 g/mol. The van der Waals surface area contributed by atoms with E-state index in [-0.39, 0.29) is 17.1 Å². The van der Waals surface area contributed by atoms with E-state index >= 15 is 0 Å². The van der Waals surface area contributed by atoms with Gasteiger partial charge in [0, 0.05) is 43.3 Å². The fourth-order valence-corrected chi connectivity index (χ4v) is 4.76. The third-order valence-electron chi connectivity index (χ3n) is 5.48. The van der Waals surface area contributed by atoms with Gasteiger partial charge in [0.25, 0.3) is 0 Å². The molecule has 4 rings (SSSR count). The highest BCUT2D eigenvalue weighted by atomic mass is 32.1. The molecule has 138 valence electrons. The van der Waals surface area contributed by atoms with Crippen molar-refractivity contribution in [3.8, 4) is 5.75 Å². The van der Waals surface area contributed by atoms with E-state index in [0.29, 0.717) is 30.9 Å². The van der Waals surface area contributed by atoms with Crippen LogP contribution in [0.5, 0.6) is 5.75 Å². The predicted molar refractivity (Wildman–Crippen MR) is 99.0 cm³/mol. The second kappa shape index (κ2) is 6.87. The molecule has 5 nitrogen and oxygen atoms in total. The normalized spacial score (nSPS) is 23.1. The first-order chi connectivity index (χ1) is 12.6. The van der Waals surface area contributed by atoms with Crippen molar-refractivity contribution in [2.45, 2.75) is 25.8 Å². The maximum atomic E-state index is 14.2. The van der Waals surface area contributed by atoms with Gasteiger partial charge in [-0.1, -0.05) is 0 Å². The molecule has 1 atom stereocenters. The number of aromatic nitrogens is 1. The number of methoxy groups -OCH3 is 1. The van der Waals surface area contributed by atoms with E-state index in [9.17, 15) is 9.18 Å². The minimum absolute atomic E-state index is 0.144. The fraction of sp³-hybridized carbons (Fsp3) is 0.474. The highest BCUT2D eigenvalue weighted by Gasteiger charge is 2.48. The predicted octanol–water partition coefficient (Wildman–Crippen LogP) is 3.31. The maximum absolute atomic E-state index is 14.2. The van der Waals surface area contributed by atoms with Gasteiger partial charge in [0.2, 0.25) is 5.91 Å². The van der Waals surface area contributed by atoms with Gasteiger partial charge in [0.05, 0.1) is 12.5 Å². The lowest BCUT2D eigenvalue weighted by molar-refractivity contribution is -0.145. The second-order valence-corrected chi connectivity index (χ2v) is 7.93. The first-order valence-electron chi connectivity index (χ1n) is 8.87. The summed E-state index contributed by atoms with van der Waals surface area (Å²) in [6.45, 7) is 2.52. The summed E-state index contributed by atoms with van der Waals surface area (Å²) >= 11 is 1.60. The Hall–Kier alpha value is -2.15. The zero-order valence-electron chi connectivity index (χ0n) is 14.8. The van der Waals surface area contributed by atoms with E-state index in [0.717, 1.165) is 30.9 Å². The molecule has 2 aliphatic rings. The van der Waals surface area contributed by atoms with Crippen LogP contribution in [-0.4, -0.2) is 42.5 Å². The van der Waals surface area contributed by atoms with Gasteiger partial charge in [0.15, 0.2) is 5.13 Å². The molecular weight excluding hydrogens is 353 g/mol. The van der Waals surface area contributed by atoms with Crippen LogP contribution >= 0.6 is 11.3 Å². The Morgan fingerprint density at radius 3 is 3.00 bits per heavy atom. The van der Waals surface area contributed by atoms with Crippen molar-refractivity contribution in [1.29, 1.82) is 0 Å². The molecule has 7 heteroatoms. The first-order valence-corrected chi connectivity index (χ1v) is 9.75. The minimum Gasteiger partial charge on any atom is -0.497 e. The summed E-state index contributed by atoms with van der Waals surface area (Å²) in [5.74, 6) is 0.454. The van der Waals surface area contributed by atoms with Gasteiger partial charge in [-0.2, -0.15) is 0 Å². The zero-order chi connectivity index (χ0) is 18.1. The van der Waals surface area contributed by atoms with Crippen molar-refractivity contribution < 1.29 is 13.9 Å². The first kappa shape index (κ1) is 17.3. The van der Waals surface area contributed by atoms with Crippen molar-refractivity contribution in [1.82, 2.24) is 9.88 Å². The van der Waals surface area contributed by atoms with Gasteiger partial charge < -0.3 is 14.5 Å². The molecule has 3 heterocycles. The number of hydrogen-bond acceptors (Lipinski definition) is 5. The number of hydrogen-bond donors (Lipinski definition) is 0.